The minimum atomic E-state index is -4.68. The molecule has 0 aliphatic heterocycles. The molecule has 0 unspecified atom stereocenters. The summed E-state index contributed by atoms with van der Waals surface area (Å²) in [4.78, 5) is 11.2. The van der Waals surface area contributed by atoms with E-state index in [0.29, 0.717) is 23.7 Å². The molecule has 0 aliphatic rings. The van der Waals surface area contributed by atoms with Crippen molar-refractivity contribution in [2.24, 2.45) is 11.7 Å². The van der Waals surface area contributed by atoms with Gasteiger partial charge in [-0.2, -0.15) is 18.3 Å². The molecule has 210 valence electrons. The van der Waals surface area contributed by atoms with Crippen LogP contribution in [0.2, 0.25) is 0 Å². The van der Waals surface area contributed by atoms with Gasteiger partial charge >= 0.3 is 6.18 Å². The van der Waals surface area contributed by atoms with Crippen molar-refractivity contribution in [3.8, 4) is 17.1 Å². The van der Waals surface area contributed by atoms with E-state index in [-0.39, 0.29) is 22.7 Å². The van der Waals surface area contributed by atoms with Crippen LogP contribution in [0.5, 0.6) is 5.75 Å². The van der Waals surface area contributed by atoms with Gasteiger partial charge in [0, 0.05) is 17.8 Å². The van der Waals surface area contributed by atoms with Gasteiger partial charge in [-0.25, -0.2) is 32.6 Å². The lowest BCUT2D eigenvalue weighted by Crippen LogP contribution is -2.43. The Bertz CT molecular complexity index is 1410. The molecule has 0 aromatic carbocycles. The summed E-state index contributed by atoms with van der Waals surface area (Å²) in [6.45, 7) is 5.70. The maximum absolute atomic E-state index is 13.6. The van der Waals surface area contributed by atoms with Crippen molar-refractivity contribution >= 4 is 21.6 Å². The second-order valence-electron chi connectivity index (χ2n) is 9.31. The van der Waals surface area contributed by atoms with Crippen molar-refractivity contribution < 1.29 is 31.1 Å². The van der Waals surface area contributed by atoms with Crippen LogP contribution in [-0.2, 0) is 6.18 Å². The fourth-order valence-corrected chi connectivity index (χ4v) is 4.08. The molecule has 7 nitrogen and oxygen atoms in total. The normalized spacial score (nSPS) is 13.4. The Morgan fingerprint density at radius 3 is 2.36 bits per heavy atom. The Labute approximate surface area is 228 Å². The predicted octanol–water partition coefficient (Wildman–Crippen LogP) is 6.87. The van der Waals surface area contributed by atoms with Crippen molar-refractivity contribution in [3.63, 3.8) is 0 Å². The standard InChI is InChI=1S/C19H22F3N5O.C6H3BrF3N/c1-12(2)10-18(3,23)11-28-15-5-4-13(26-17(15)19(20,21)22)14-6-8-24-16-7-9-25-27(14)16;7-4-2-1-3(8)5(11-4)6(9)10/h4-9,12H,10-11,23H2,1-3H3;1-2,6H/t18-;/m0./s1. The third kappa shape index (κ3) is 8.12. The summed E-state index contributed by atoms with van der Waals surface area (Å²) >= 11 is 2.85. The first-order chi connectivity index (χ1) is 18.2. The van der Waals surface area contributed by atoms with Crippen LogP contribution in [0.4, 0.5) is 26.3 Å². The lowest BCUT2D eigenvalue weighted by molar-refractivity contribution is -0.142. The molecule has 0 saturated heterocycles. The molecule has 4 aromatic rings. The highest BCUT2D eigenvalue weighted by Gasteiger charge is 2.37. The number of ether oxygens (including phenoxy) is 1. The van der Waals surface area contributed by atoms with E-state index in [0.717, 1.165) is 6.07 Å². The molecule has 0 saturated carbocycles. The largest absolute Gasteiger partial charge is 0.489 e. The van der Waals surface area contributed by atoms with Crippen LogP contribution in [0.3, 0.4) is 0 Å². The zero-order valence-electron chi connectivity index (χ0n) is 21.1. The molecule has 4 aromatic heterocycles. The van der Waals surface area contributed by atoms with E-state index >= 15 is 0 Å². The van der Waals surface area contributed by atoms with Gasteiger partial charge in [-0.1, -0.05) is 13.8 Å². The zero-order valence-corrected chi connectivity index (χ0v) is 22.6. The quantitative estimate of drug-likeness (QED) is 0.179. The van der Waals surface area contributed by atoms with Gasteiger partial charge in [-0.15, -0.1) is 0 Å². The zero-order chi connectivity index (χ0) is 29.0. The first-order valence-corrected chi connectivity index (χ1v) is 12.4. The van der Waals surface area contributed by atoms with Crippen LogP contribution in [0, 0.1) is 11.7 Å². The topological polar surface area (TPSA) is 91.2 Å². The summed E-state index contributed by atoms with van der Waals surface area (Å²) in [5.41, 5.74) is 4.52. The average molecular weight is 619 g/mol. The molecule has 4 rings (SSSR count). The van der Waals surface area contributed by atoms with E-state index in [1.54, 1.807) is 19.1 Å². The Kier molecular flexibility index (Phi) is 9.54. The number of hydrogen-bond acceptors (Lipinski definition) is 6. The van der Waals surface area contributed by atoms with Gasteiger partial charge < -0.3 is 10.5 Å². The van der Waals surface area contributed by atoms with Crippen molar-refractivity contribution in [1.29, 1.82) is 0 Å². The molecule has 0 spiro atoms. The second-order valence-corrected chi connectivity index (χ2v) is 10.1. The minimum Gasteiger partial charge on any atom is -0.489 e. The number of pyridine rings is 2. The summed E-state index contributed by atoms with van der Waals surface area (Å²) in [6.07, 6.45) is -3.91. The van der Waals surface area contributed by atoms with E-state index < -0.39 is 35.3 Å². The highest BCUT2D eigenvalue weighted by Crippen LogP contribution is 2.36. The van der Waals surface area contributed by atoms with E-state index in [1.807, 2.05) is 13.8 Å². The number of hydrogen-bond donors (Lipinski definition) is 1. The molecular weight excluding hydrogens is 594 g/mol. The van der Waals surface area contributed by atoms with Crippen molar-refractivity contribution in [1.82, 2.24) is 24.6 Å². The summed E-state index contributed by atoms with van der Waals surface area (Å²) in [5, 5.41) is 4.09. The van der Waals surface area contributed by atoms with Gasteiger partial charge in [0.05, 0.1) is 17.6 Å². The van der Waals surface area contributed by atoms with E-state index in [2.05, 4.69) is 36.0 Å². The van der Waals surface area contributed by atoms with Gasteiger partial charge in [0.25, 0.3) is 6.43 Å². The first-order valence-electron chi connectivity index (χ1n) is 11.6. The summed E-state index contributed by atoms with van der Waals surface area (Å²) < 4.78 is 84.2. The first kappa shape index (κ1) is 30.3. The highest BCUT2D eigenvalue weighted by molar-refractivity contribution is 9.10. The highest BCUT2D eigenvalue weighted by atomic mass is 79.9. The van der Waals surface area contributed by atoms with Crippen LogP contribution in [0.1, 0.15) is 45.0 Å². The van der Waals surface area contributed by atoms with Crippen LogP contribution in [0.25, 0.3) is 17.0 Å². The summed E-state index contributed by atoms with van der Waals surface area (Å²) in [7, 11) is 0. The number of aromatic nitrogens is 5. The molecule has 2 N–H and O–H groups in total. The molecule has 0 bridgehead atoms. The number of halogens is 7. The minimum absolute atomic E-state index is 0.0477. The fraction of sp³-hybridized carbons (Fsp3) is 0.360. The lowest BCUT2D eigenvalue weighted by Gasteiger charge is -2.27. The Hall–Kier alpha value is -3.26. The smallest absolute Gasteiger partial charge is 0.437 e. The SMILES string of the molecule is CC(C)C[C@](C)(N)COc1ccc(-c2ccnc3ccnn23)nc1C(F)(F)F.Fc1ccc(Br)nc1C(F)F. The van der Waals surface area contributed by atoms with Crippen LogP contribution < -0.4 is 10.5 Å². The third-order valence-electron chi connectivity index (χ3n) is 5.16. The van der Waals surface area contributed by atoms with Crippen molar-refractivity contribution in [2.75, 3.05) is 6.61 Å². The number of nitrogens with two attached hydrogens (primary N) is 1. The second kappa shape index (κ2) is 12.3. The van der Waals surface area contributed by atoms with E-state index in [1.165, 1.54) is 35.1 Å². The molecule has 0 radical (unpaired) electrons. The molecule has 39 heavy (non-hydrogen) atoms. The number of nitrogens with zero attached hydrogens (tertiary/aromatic N) is 5. The molecule has 0 amide bonds. The molecule has 14 heteroatoms. The maximum atomic E-state index is 13.6. The molecule has 0 aliphatic carbocycles. The van der Waals surface area contributed by atoms with Crippen LogP contribution in [-0.4, -0.2) is 36.7 Å². The maximum Gasteiger partial charge on any atom is 0.437 e. The lowest BCUT2D eigenvalue weighted by atomic mass is 9.93. The van der Waals surface area contributed by atoms with Crippen LogP contribution in [0.15, 0.2) is 53.4 Å². The Morgan fingerprint density at radius 1 is 1.03 bits per heavy atom. The monoisotopic (exact) mass is 618 g/mol. The van der Waals surface area contributed by atoms with Gasteiger partial charge in [0.1, 0.15) is 22.7 Å². The van der Waals surface area contributed by atoms with Crippen molar-refractivity contribution in [2.45, 2.75) is 45.3 Å². The number of rotatable bonds is 7. The number of fused-ring (bicyclic) bond motifs is 1. The molecular formula is C25H25BrF6N6O. The Morgan fingerprint density at radius 2 is 1.74 bits per heavy atom. The van der Waals surface area contributed by atoms with E-state index in [9.17, 15) is 26.3 Å². The summed E-state index contributed by atoms with van der Waals surface area (Å²) in [5.74, 6) is -1.03. The summed E-state index contributed by atoms with van der Waals surface area (Å²) in [6, 6.07) is 8.16. The van der Waals surface area contributed by atoms with E-state index in [4.69, 9.17) is 10.5 Å². The third-order valence-corrected chi connectivity index (χ3v) is 5.60. The predicted molar refractivity (Wildman–Crippen MR) is 136 cm³/mol. The fourth-order valence-electron chi connectivity index (χ4n) is 3.76. The Balaban J connectivity index is 0.000000320. The van der Waals surface area contributed by atoms with Gasteiger partial charge in [-0.05, 0) is 65.5 Å². The molecule has 0 fully saturated rings. The van der Waals surface area contributed by atoms with Crippen molar-refractivity contribution in [3.05, 3.63) is 70.6 Å². The van der Waals surface area contributed by atoms with Crippen LogP contribution >= 0.6 is 15.9 Å². The van der Waals surface area contributed by atoms with Gasteiger partial charge in [0.2, 0.25) is 0 Å². The van der Waals surface area contributed by atoms with Gasteiger partial charge in [-0.3, -0.25) is 0 Å². The number of alkyl halides is 5. The molecule has 1 atom stereocenters. The average Bonchev–Trinajstić information content (AvgIpc) is 3.32. The molecule has 4 heterocycles. The van der Waals surface area contributed by atoms with Gasteiger partial charge in [0.15, 0.2) is 17.2 Å².